The number of nitroso groups, excluding NO2 is 1. The van der Waals surface area contributed by atoms with E-state index in [9.17, 15) is 9.90 Å². The summed E-state index contributed by atoms with van der Waals surface area (Å²) in [4.78, 5) is 35.9. The molecule has 0 bridgehead atoms. The normalized spacial score (nSPS) is 5.53. The second-order valence-electron chi connectivity index (χ2n) is 1.64. The number of hydrogen-bond donors (Lipinski definition) is 0. The van der Waals surface area contributed by atoms with Crippen LogP contribution >= 0.6 is 0 Å². The third-order valence-corrected chi connectivity index (χ3v) is 0.194. The first-order valence-corrected chi connectivity index (χ1v) is 3.08. The number of carbonyl (C=O) groups excluding carboxylic acids is 3. The molecule has 0 heterocycles. The molecule has 0 aromatic rings. The molecule has 0 rings (SSSR count). The second kappa shape index (κ2) is 30.2. The summed E-state index contributed by atoms with van der Waals surface area (Å²) in [6, 6.07) is 0. The van der Waals surface area contributed by atoms with Crippen LogP contribution in [0.2, 0.25) is 0 Å². The van der Waals surface area contributed by atoms with E-state index in [1.807, 2.05) is 5.18 Å². The van der Waals surface area contributed by atoms with Crippen molar-refractivity contribution >= 4 is 17.9 Å². The van der Waals surface area contributed by atoms with E-state index in [0.29, 0.717) is 0 Å². The van der Waals surface area contributed by atoms with E-state index in [1.165, 1.54) is 0 Å². The molecule has 8 nitrogen and oxygen atoms in total. The summed E-state index contributed by atoms with van der Waals surface area (Å²) in [7, 11) is 0. The van der Waals surface area contributed by atoms with Gasteiger partial charge in [-0.1, -0.05) is 5.18 Å². The summed E-state index contributed by atoms with van der Waals surface area (Å²) in [6.07, 6.45) is 0. The van der Waals surface area contributed by atoms with E-state index < -0.39 is 24.5 Å². The van der Waals surface area contributed by atoms with E-state index in [0.717, 1.165) is 13.8 Å². The maximum Gasteiger partial charge on any atom is 1.00 e. The molecule has 17 heavy (non-hydrogen) atoms. The van der Waals surface area contributed by atoms with Crippen molar-refractivity contribution in [2.24, 2.45) is 5.18 Å². The van der Waals surface area contributed by atoms with E-state index in [1.54, 1.807) is 0 Å². The molecule has 0 N–H and O–H groups in total. The first-order valence-electron chi connectivity index (χ1n) is 3.08. The molecular formula is C6H8NNa3O7. The van der Waals surface area contributed by atoms with Crippen LogP contribution in [-0.4, -0.2) is 24.5 Å². The fraction of sp³-hybridized carbons (Fsp3) is 0.500. The largest absolute Gasteiger partial charge is 1.00 e. The van der Waals surface area contributed by atoms with Gasteiger partial charge in [0.05, 0.1) is 5.97 Å². The van der Waals surface area contributed by atoms with Crippen LogP contribution in [0.25, 0.3) is 0 Å². The number of carboxylic acids is 3. The summed E-state index contributed by atoms with van der Waals surface area (Å²) in [6.45, 7) is 1.19. The van der Waals surface area contributed by atoms with E-state index in [-0.39, 0.29) is 88.7 Å². The zero-order valence-corrected chi connectivity index (χ0v) is 16.5. The predicted molar refractivity (Wildman–Crippen MR) is 37.0 cm³/mol. The Morgan fingerprint density at radius 3 is 1.06 bits per heavy atom. The molecule has 0 aliphatic carbocycles. The van der Waals surface area contributed by atoms with E-state index in [4.69, 9.17) is 24.7 Å². The number of hydrogen-bond acceptors (Lipinski definition) is 8. The molecule has 11 heteroatoms. The molecule has 0 aromatic heterocycles. The van der Waals surface area contributed by atoms with Crippen LogP contribution < -0.4 is 104 Å². The van der Waals surface area contributed by atoms with Gasteiger partial charge < -0.3 is 29.7 Å². The molecule has 0 unspecified atom stereocenters. The predicted octanol–water partition coefficient (Wildman–Crippen LogP) is -13.0. The third-order valence-electron chi connectivity index (χ3n) is 0.194. The molecule has 0 spiro atoms. The summed E-state index contributed by atoms with van der Waals surface area (Å²) in [5, 5.41) is 29.0. The molecule has 0 saturated heterocycles. The Bertz CT molecular complexity index is 192. The van der Waals surface area contributed by atoms with Gasteiger partial charge in [0.2, 0.25) is 0 Å². The number of carbonyl (C=O) groups is 3. The second-order valence-corrected chi connectivity index (χ2v) is 1.64. The average Bonchev–Trinajstić information content (AvgIpc) is 1.82. The number of rotatable bonds is 2. The van der Waals surface area contributed by atoms with Gasteiger partial charge in [-0.3, -0.25) is 0 Å². The SMILES string of the molecule is CC(=O)[O-].CC(=O)[O-].O=NCC(=O)[O-].[Na+].[Na+].[Na+]. The van der Waals surface area contributed by atoms with Gasteiger partial charge in [-0.25, -0.2) is 0 Å². The monoisotopic (exact) mass is 275 g/mol. The van der Waals surface area contributed by atoms with Crippen molar-refractivity contribution < 1.29 is 118 Å². The molecule has 0 amide bonds. The summed E-state index contributed by atoms with van der Waals surface area (Å²) in [5.74, 6) is -3.61. The molecule has 0 radical (unpaired) electrons. The fourth-order valence-electron chi connectivity index (χ4n) is 0.0527. The molecule has 0 atom stereocenters. The molecule has 0 aromatic carbocycles. The Hall–Kier alpha value is 1.01. The maximum absolute atomic E-state index is 9.19. The van der Waals surface area contributed by atoms with Gasteiger partial charge in [0.25, 0.3) is 0 Å². The van der Waals surface area contributed by atoms with Gasteiger partial charge >= 0.3 is 88.7 Å². The Kier molecular flexibility index (Phi) is 64.2. The van der Waals surface area contributed by atoms with Crippen molar-refractivity contribution in [2.75, 3.05) is 6.54 Å². The van der Waals surface area contributed by atoms with Crippen molar-refractivity contribution in [2.45, 2.75) is 13.8 Å². The van der Waals surface area contributed by atoms with Crippen molar-refractivity contribution in [3.63, 3.8) is 0 Å². The Labute approximate surface area is 164 Å². The first kappa shape index (κ1) is 36.1. The van der Waals surface area contributed by atoms with E-state index >= 15 is 0 Å². The minimum Gasteiger partial charge on any atom is -0.550 e. The molecule has 0 aliphatic heterocycles. The van der Waals surface area contributed by atoms with Gasteiger partial charge in [-0.15, -0.1) is 0 Å². The summed E-state index contributed by atoms with van der Waals surface area (Å²) < 4.78 is 0. The van der Waals surface area contributed by atoms with Crippen molar-refractivity contribution in [3.05, 3.63) is 4.91 Å². The van der Waals surface area contributed by atoms with Crippen molar-refractivity contribution in [1.82, 2.24) is 0 Å². The van der Waals surface area contributed by atoms with Crippen molar-refractivity contribution in [3.8, 4) is 0 Å². The standard InChI is InChI=1S/C2H3NO3.2C2H4O2.3Na/c4-2(5)1-3-6;2*1-2(3)4;;;/h1H2,(H,4,5);2*1H3,(H,3,4);;;/q;;;3*+1/p-3. The molecular weight excluding hydrogens is 267 g/mol. The molecule has 0 saturated carbocycles. The minimum atomic E-state index is -1.44. The van der Waals surface area contributed by atoms with Crippen LogP contribution in [-0.2, 0) is 14.4 Å². The zero-order chi connectivity index (χ0) is 12.1. The summed E-state index contributed by atoms with van der Waals surface area (Å²) >= 11 is 0. The van der Waals surface area contributed by atoms with Crippen LogP contribution in [0.1, 0.15) is 13.8 Å². The quantitative estimate of drug-likeness (QED) is 0.358. The Balaban J connectivity index is -0.0000000252. The topological polar surface area (TPSA) is 150 Å². The Morgan fingerprint density at radius 1 is 0.882 bits per heavy atom. The van der Waals surface area contributed by atoms with Gasteiger partial charge in [-0.2, -0.15) is 4.91 Å². The van der Waals surface area contributed by atoms with Gasteiger partial charge in [-0.05, 0) is 13.8 Å². The minimum absolute atomic E-state index is 0. The van der Waals surface area contributed by atoms with E-state index in [2.05, 4.69) is 0 Å². The van der Waals surface area contributed by atoms with Crippen LogP contribution in [0.15, 0.2) is 5.18 Å². The average molecular weight is 275 g/mol. The number of carboxylic acid groups (broad SMARTS) is 3. The van der Waals surface area contributed by atoms with Gasteiger partial charge in [0, 0.05) is 11.9 Å². The number of nitrogens with zero attached hydrogens (tertiary/aromatic N) is 1. The van der Waals surface area contributed by atoms with Crippen LogP contribution in [0.5, 0.6) is 0 Å². The van der Waals surface area contributed by atoms with Crippen LogP contribution in [0.3, 0.4) is 0 Å². The number of aliphatic carboxylic acids is 3. The molecule has 82 valence electrons. The van der Waals surface area contributed by atoms with Crippen LogP contribution in [0.4, 0.5) is 0 Å². The third kappa shape index (κ3) is 238. The first-order chi connectivity index (χ1) is 6.23. The fourth-order valence-corrected chi connectivity index (χ4v) is 0.0527. The van der Waals surface area contributed by atoms with Gasteiger partial charge in [0.1, 0.15) is 6.54 Å². The molecule has 0 fully saturated rings. The zero-order valence-electron chi connectivity index (χ0n) is 10.5. The molecule has 0 aliphatic rings. The van der Waals surface area contributed by atoms with Crippen molar-refractivity contribution in [1.29, 1.82) is 0 Å². The van der Waals surface area contributed by atoms with Crippen LogP contribution in [0, 0.1) is 4.91 Å². The summed E-state index contributed by atoms with van der Waals surface area (Å²) in [5.41, 5.74) is 0. The van der Waals surface area contributed by atoms with Gasteiger partial charge in [0.15, 0.2) is 0 Å². The maximum atomic E-state index is 9.19. The Morgan fingerprint density at radius 2 is 1.06 bits per heavy atom. The smallest absolute Gasteiger partial charge is 0.550 e.